The molecule has 0 aromatic carbocycles. The third kappa shape index (κ3) is 4.40. The second-order valence-corrected chi connectivity index (χ2v) is 4.32. The number of nitrogens with one attached hydrogen (secondary N) is 1. The van der Waals surface area contributed by atoms with Gasteiger partial charge in [-0.3, -0.25) is 9.78 Å². The average molecular weight is 221 g/mol. The van der Waals surface area contributed by atoms with E-state index in [1.165, 1.54) is 0 Å². The van der Waals surface area contributed by atoms with Gasteiger partial charge in [0.15, 0.2) is 0 Å². The number of pyridine rings is 1. The Bertz CT molecular complexity index is 324. The van der Waals surface area contributed by atoms with E-state index in [0.29, 0.717) is 18.9 Å². The molecule has 0 spiro atoms. The Morgan fingerprint density at radius 1 is 1.56 bits per heavy atom. The van der Waals surface area contributed by atoms with Crippen LogP contribution in [0, 0.1) is 5.92 Å². The van der Waals surface area contributed by atoms with Crippen LogP contribution in [-0.4, -0.2) is 16.9 Å². The second-order valence-electron chi connectivity index (χ2n) is 4.32. The lowest BCUT2D eigenvalue weighted by Gasteiger charge is -2.13. The molecule has 0 aliphatic heterocycles. The lowest BCUT2D eigenvalue weighted by molar-refractivity contribution is -0.122. The fourth-order valence-electron chi connectivity index (χ4n) is 1.44. The maximum Gasteiger partial charge on any atom is 0.237 e. The van der Waals surface area contributed by atoms with Gasteiger partial charge in [0, 0.05) is 18.9 Å². The van der Waals surface area contributed by atoms with Crippen LogP contribution in [0.25, 0.3) is 0 Å². The summed E-state index contributed by atoms with van der Waals surface area (Å²) < 4.78 is 0. The summed E-state index contributed by atoms with van der Waals surface area (Å²) in [5, 5.41) is 2.80. The van der Waals surface area contributed by atoms with Crippen molar-refractivity contribution in [2.24, 2.45) is 11.7 Å². The van der Waals surface area contributed by atoms with Crippen LogP contribution in [0.3, 0.4) is 0 Å². The molecule has 0 aliphatic carbocycles. The normalized spacial score (nSPS) is 12.5. The molecule has 0 fully saturated rings. The summed E-state index contributed by atoms with van der Waals surface area (Å²) in [4.78, 5) is 15.6. The molecule has 1 heterocycles. The number of hydrogen-bond donors (Lipinski definition) is 2. The minimum Gasteiger partial charge on any atom is -0.351 e. The summed E-state index contributed by atoms with van der Waals surface area (Å²) in [6.45, 7) is 4.58. The molecule has 3 N–H and O–H groups in total. The predicted molar refractivity (Wildman–Crippen MR) is 63.5 cm³/mol. The van der Waals surface area contributed by atoms with Crippen LogP contribution in [-0.2, 0) is 11.3 Å². The van der Waals surface area contributed by atoms with Gasteiger partial charge in [-0.05, 0) is 24.0 Å². The number of nitrogens with zero attached hydrogens (tertiary/aromatic N) is 1. The van der Waals surface area contributed by atoms with E-state index in [9.17, 15) is 4.79 Å². The van der Waals surface area contributed by atoms with E-state index in [2.05, 4.69) is 10.3 Å². The van der Waals surface area contributed by atoms with E-state index < -0.39 is 6.04 Å². The molecule has 0 saturated heterocycles. The third-order valence-corrected chi connectivity index (χ3v) is 2.25. The van der Waals surface area contributed by atoms with Crippen molar-refractivity contribution >= 4 is 5.91 Å². The van der Waals surface area contributed by atoms with E-state index in [4.69, 9.17) is 5.73 Å². The summed E-state index contributed by atoms with van der Waals surface area (Å²) >= 11 is 0. The van der Waals surface area contributed by atoms with Gasteiger partial charge in [-0.2, -0.15) is 0 Å². The average Bonchev–Trinajstić information content (AvgIpc) is 2.26. The Morgan fingerprint density at radius 3 is 2.88 bits per heavy atom. The third-order valence-electron chi connectivity index (χ3n) is 2.25. The summed E-state index contributed by atoms with van der Waals surface area (Å²) in [5.41, 5.74) is 6.73. The zero-order chi connectivity index (χ0) is 12.0. The molecule has 0 radical (unpaired) electrons. The topological polar surface area (TPSA) is 68.0 Å². The Hall–Kier alpha value is -1.42. The van der Waals surface area contributed by atoms with Gasteiger partial charge in [-0.15, -0.1) is 0 Å². The zero-order valence-corrected chi connectivity index (χ0v) is 9.81. The first kappa shape index (κ1) is 12.6. The molecular weight excluding hydrogens is 202 g/mol. The molecule has 88 valence electrons. The Balaban J connectivity index is 2.35. The van der Waals surface area contributed by atoms with Crippen molar-refractivity contribution in [3.05, 3.63) is 30.1 Å². The van der Waals surface area contributed by atoms with Crippen molar-refractivity contribution in [3.63, 3.8) is 0 Å². The lowest BCUT2D eigenvalue weighted by atomic mass is 10.0. The van der Waals surface area contributed by atoms with Gasteiger partial charge in [-0.25, -0.2) is 0 Å². The molecule has 4 nitrogen and oxygen atoms in total. The largest absolute Gasteiger partial charge is 0.351 e. The number of amides is 1. The highest BCUT2D eigenvalue weighted by molar-refractivity contribution is 5.81. The van der Waals surface area contributed by atoms with E-state index in [0.717, 1.165) is 5.56 Å². The highest BCUT2D eigenvalue weighted by Gasteiger charge is 2.14. The highest BCUT2D eigenvalue weighted by Crippen LogP contribution is 2.03. The molecule has 4 heteroatoms. The summed E-state index contributed by atoms with van der Waals surface area (Å²) in [6.07, 6.45) is 4.14. The first-order chi connectivity index (χ1) is 7.59. The first-order valence-electron chi connectivity index (χ1n) is 5.51. The SMILES string of the molecule is CC(C)C[C@@H](N)C(=O)NCc1cccnc1. The van der Waals surface area contributed by atoms with Gasteiger partial charge < -0.3 is 11.1 Å². The molecule has 16 heavy (non-hydrogen) atoms. The number of hydrogen-bond acceptors (Lipinski definition) is 3. The molecule has 1 aromatic rings. The van der Waals surface area contributed by atoms with Crippen LogP contribution >= 0.6 is 0 Å². The lowest BCUT2D eigenvalue weighted by Crippen LogP contribution is -2.41. The minimum atomic E-state index is -0.420. The molecule has 0 aliphatic rings. The van der Waals surface area contributed by atoms with Crippen molar-refractivity contribution in [2.75, 3.05) is 0 Å². The van der Waals surface area contributed by atoms with Gasteiger partial charge in [0.1, 0.15) is 0 Å². The van der Waals surface area contributed by atoms with Crippen LogP contribution in [0.2, 0.25) is 0 Å². The summed E-state index contributed by atoms with van der Waals surface area (Å²) in [6, 6.07) is 3.34. The van der Waals surface area contributed by atoms with Crippen LogP contribution in [0.5, 0.6) is 0 Å². The Kier molecular flexibility index (Phi) is 4.92. The Labute approximate surface area is 96.3 Å². The number of nitrogens with two attached hydrogens (primary N) is 1. The molecule has 0 bridgehead atoms. The first-order valence-corrected chi connectivity index (χ1v) is 5.51. The van der Waals surface area contributed by atoms with E-state index >= 15 is 0 Å². The van der Waals surface area contributed by atoms with Crippen LogP contribution in [0.15, 0.2) is 24.5 Å². The van der Waals surface area contributed by atoms with Gasteiger partial charge in [0.25, 0.3) is 0 Å². The summed E-state index contributed by atoms with van der Waals surface area (Å²) in [7, 11) is 0. The zero-order valence-electron chi connectivity index (χ0n) is 9.81. The van der Waals surface area contributed by atoms with Crippen molar-refractivity contribution in [1.29, 1.82) is 0 Å². The van der Waals surface area contributed by atoms with Gasteiger partial charge in [0.2, 0.25) is 5.91 Å². The molecule has 1 amide bonds. The molecule has 1 aromatic heterocycles. The fraction of sp³-hybridized carbons (Fsp3) is 0.500. The molecule has 0 saturated carbocycles. The smallest absolute Gasteiger partial charge is 0.237 e. The molecule has 0 unspecified atom stereocenters. The van der Waals surface area contributed by atoms with Crippen molar-refractivity contribution in [2.45, 2.75) is 32.9 Å². The van der Waals surface area contributed by atoms with Crippen LogP contribution < -0.4 is 11.1 Å². The van der Waals surface area contributed by atoms with Gasteiger partial charge >= 0.3 is 0 Å². The second kappa shape index (κ2) is 6.23. The van der Waals surface area contributed by atoms with Gasteiger partial charge in [0.05, 0.1) is 6.04 Å². The standard InChI is InChI=1S/C12H19N3O/c1-9(2)6-11(13)12(16)15-8-10-4-3-5-14-7-10/h3-5,7,9,11H,6,8,13H2,1-2H3,(H,15,16)/t11-/m1/s1. The highest BCUT2D eigenvalue weighted by atomic mass is 16.2. The molecule has 1 rings (SSSR count). The number of carbonyl (C=O) groups excluding carboxylic acids is 1. The van der Waals surface area contributed by atoms with Crippen molar-refractivity contribution < 1.29 is 4.79 Å². The fourth-order valence-corrected chi connectivity index (χ4v) is 1.44. The number of aromatic nitrogens is 1. The Morgan fingerprint density at radius 2 is 2.31 bits per heavy atom. The maximum atomic E-state index is 11.6. The number of carbonyl (C=O) groups is 1. The minimum absolute atomic E-state index is 0.0995. The quantitative estimate of drug-likeness (QED) is 0.781. The van der Waals surface area contributed by atoms with Crippen molar-refractivity contribution in [3.8, 4) is 0 Å². The maximum absolute atomic E-state index is 11.6. The van der Waals surface area contributed by atoms with E-state index in [-0.39, 0.29) is 5.91 Å². The van der Waals surface area contributed by atoms with Gasteiger partial charge in [-0.1, -0.05) is 19.9 Å². The van der Waals surface area contributed by atoms with E-state index in [1.807, 2.05) is 26.0 Å². The number of rotatable bonds is 5. The molecular formula is C12H19N3O. The van der Waals surface area contributed by atoms with Crippen LogP contribution in [0.1, 0.15) is 25.8 Å². The van der Waals surface area contributed by atoms with Crippen LogP contribution in [0.4, 0.5) is 0 Å². The summed E-state index contributed by atoms with van der Waals surface area (Å²) in [5.74, 6) is 0.330. The monoisotopic (exact) mass is 221 g/mol. The predicted octanol–water partition coefficient (Wildman–Crippen LogP) is 1.07. The van der Waals surface area contributed by atoms with Crippen molar-refractivity contribution in [1.82, 2.24) is 10.3 Å². The van der Waals surface area contributed by atoms with E-state index in [1.54, 1.807) is 12.4 Å². The molecule has 1 atom stereocenters.